The van der Waals surface area contributed by atoms with Gasteiger partial charge >= 0.3 is 5.96 Å². The number of phenolic OH excluding ortho intramolecular Hbond substituents is 2. The van der Waals surface area contributed by atoms with Gasteiger partial charge in [-0.25, -0.2) is 0 Å². The van der Waals surface area contributed by atoms with Crippen LogP contribution in [0.1, 0.15) is 129 Å². The average Bonchev–Trinajstić information content (AvgIpc) is 2.96. The molecule has 0 radical (unpaired) electrons. The lowest BCUT2D eigenvalue weighted by Crippen LogP contribution is -2.57. The first-order valence-electron chi connectivity index (χ1n) is 18.0. The van der Waals surface area contributed by atoms with E-state index in [1.54, 1.807) is 6.21 Å². The Morgan fingerprint density at radius 3 is 1.98 bits per heavy atom. The number of phenols is 2. The maximum atomic E-state index is 11.5. The van der Waals surface area contributed by atoms with E-state index in [2.05, 4.69) is 122 Å². The summed E-state index contributed by atoms with van der Waals surface area (Å²) >= 11 is 0. The Labute approximate surface area is 291 Å². The second-order valence-electron chi connectivity index (χ2n) is 17.8. The van der Waals surface area contributed by atoms with E-state index in [1.165, 1.54) is 29.9 Å². The molecule has 0 saturated carbocycles. The van der Waals surface area contributed by atoms with Crippen molar-refractivity contribution in [3.63, 3.8) is 0 Å². The summed E-state index contributed by atoms with van der Waals surface area (Å²) in [6.07, 6.45) is 7.83. The zero-order valence-corrected chi connectivity index (χ0v) is 32.2. The molecule has 48 heavy (non-hydrogen) atoms. The first kappa shape index (κ1) is 37.5. The van der Waals surface area contributed by atoms with Crippen LogP contribution in [0, 0.1) is 0 Å². The standard InChI is InChI=1S/C41H63N5O2/c1-38(2,3)32-22-29(16-13-18-45-20-15-21-46-19-14-17-44(12)37(45)46)35(47)30(23-32)26-42-28-41(10,11)43-27-31-24-33(39(4,5)6)25-34(36(31)48)40(7,8)9/h22-27H,13-21,28H2,1-12H3,(H-,42,43,47,48)/p+1. The van der Waals surface area contributed by atoms with Crippen LogP contribution >= 0.6 is 0 Å². The number of fused-ring (bicyclic) bond motifs is 1. The SMILES string of the molecule is C[N+]1=C2N(CCCc3cc(C(C)(C)C)cc(C=NCC(C)(C)N=Cc4cc(C(C)(C)C)cc(C(C)(C)C)c4O)c3O)CCCN2CCC1. The molecule has 2 aliphatic rings. The van der Waals surface area contributed by atoms with Crippen LogP contribution in [0.15, 0.2) is 34.3 Å². The van der Waals surface area contributed by atoms with Crippen LogP contribution in [0.3, 0.4) is 0 Å². The van der Waals surface area contributed by atoms with Crippen LogP contribution in [0.5, 0.6) is 11.5 Å². The van der Waals surface area contributed by atoms with Gasteiger partial charge in [-0.3, -0.25) is 24.4 Å². The van der Waals surface area contributed by atoms with Gasteiger partial charge in [0.25, 0.3) is 0 Å². The Kier molecular flexibility index (Phi) is 11.1. The van der Waals surface area contributed by atoms with Crippen molar-refractivity contribution in [2.24, 2.45) is 9.98 Å². The monoisotopic (exact) mass is 659 g/mol. The van der Waals surface area contributed by atoms with E-state index in [1.807, 2.05) is 6.21 Å². The highest BCUT2D eigenvalue weighted by molar-refractivity contribution is 5.86. The number of rotatable bonds is 9. The summed E-state index contributed by atoms with van der Waals surface area (Å²) in [6, 6.07) is 8.45. The summed E-state index contributed by atoms with van der Waals surface area (Å²) < 4.78 is 2.41. The fourth-order valence-electron chi connectivity index (χ4n) is 6.67. The fourth-order valence-corrected chi connectivity index (χ4v) is 6.67. The van der Waals surface area contributed by atoms with Gasteiger partial charge in [-0.1, -0.05) is 74.4 Å². The van der Waals surface area contributed by atoms with Crippen molar-refractivity contribution in [3.05, 3.63) is 57.6 Å². The highest BCUT2D eigenvalue weighted by atomic mass is 16.3. The van der Waals surface area contributed by atoms with Gasteiger partial charge in [-0.05, 0) is 71.8 Å². The van der Waals surface area contributed by atoms with Crippen molar-refractivity contribution in [2.75, 3.05) is 46.3 Å². The molecule has 0 unspecified atom stereocenters. The molecule has 7 nitrogen and oxygen atoms in total. The molecule has 2 aliphatic heterocycles. The predicted molar refractivity (Wildman–Crippen MR) is 203 cm³/mol. The van der Waals surface area contributed by atoms with Crippen LogP contribution < -0.4 is 0 Å². The summed E-state index contributed by atoms with van der Waals surface area (Å²) in [7, 11) is 2.22. The minimum absolute atomic E-state index is 0.0572. The van der Waals surface area contributed by atoms with E-state index in [0.29, 0.717) is 12.3 Å². The van der Waals surface area contributed by atoms with Crippen LogP contribution in [-0.4, -0.2) is 94.8 Å². The maximum Gasteiger partial charge on any atom is 0.350 e. The fraction of sp³-hybridized carbons (Fsp3) is 0.634. The molecule has 2 aromatic rings. The molecule has 0 spiro atoms. The molecule has 0 aromatic heterocycles. The zero-order valence-electron chi connectivity index (χ0n) is 32.2. The number of aromatic hydroxyl groups is 2. The smallest absolute Gasteiger partial charge is 0.350 e. The number of aliphatic imine (C=N–C) groups is 2. The van der Waals surface area contributed by atoms with Gasteiger partial charge in [0.05, 0.1) is 51.9 Å². The first-order valence-corrected chi connectivity index (χ1v) is 18.0. The first-order chi connectivity index (χ1) is 22.2. The number of aryl methyl sites for hydroxylation is 1. The Balaban J connectivity index is 1.52. The van der Waals surface area contributed by atoms with Gasteiger partial charge in [-0.2, -0.15) is 0 Å². The molecule has 2 N–H and O–H groups in total. The van der Waals surface area contributed by atoms with Crippen molar-refractivity contribution in [2.45, 2.75) is 124 Å². The van der Waals surface area contributed by atoms with Crippen molar-refractivity contribution >= 4 is 18.4 Å². The van der Waals surface area contributed by atoms with Crippen LogP contribution in [0.4, 0.5) is 0 Å². The molecule has 1 fully saturated rings. The van der Waals surface area contributed by atoms with Gasteiger partial charge in [0, 0.05) is 42.0 Å². The third-order valence-electron chi connectivity index (χ3n) is 9.72. The van der Waals surface area contributed by atoms with Crippen molar-refractivity contribution in [1.29, 1.82) is 0 Å². The molecule has 4 rings (SSSR count). The normalized spacial score (nSPS) is 16.8. The van der Waals surface area contributed by atoms with E-state index in [4.69, 9.17) is 9.98 Å². The Bertz CT molecular complexity index is 1550. The summed E-state index contributed by atoms with van der Waals surface area (Å²) in [5.74, 6) is 2.00. The van der Waals surface area contributed by atoms with E-state index < -0.39 is 5.54 Å². The molecule has 0 amide bonds. The molecule has 264 valence electrons. The van der Waals surface area contributed by atoms with Crippen LogP contribution in [0.2, 0.25) is 0 Å². The molecule has 7 heteroatoms. The molecule has 2 aromatic carbocycles. The maximum absolute atomic E-state index is 11.5. The molecular weight excluding hydrogens is 594 g/mol. The summed E-state index contributed by atoms with van der Waals surface area (Å²) in [4.78, 5) is 14.8. The number of guanidine groups is 1. The zero-order chi connectivity index (χ0) is 35.7. The van der Waals surface area contributed by atoms with E-state index in [9.17, 15) is 10.2 Å². The van der Waals surface area contributed by atoms with E-state index >= 15 is 0 Å². The minimum Gasteiger partial charge on any atom is -0.507 e. The van der Waals surface area contributed by atoms with Gasteiger partial charge < -0.3 is 10.2 Å². The highest BCUT2D eigenvalue weighted by Crippen LogP contribution is 2.37. The van der Waals surface area contributed by atoms with Crippen molar-refractivity contribution in [3.8, 4) is 11.5 Å². The highest BCUT2D eigenvalue weighted by Gasteiger charge is 2.34. The Morgan fingerprint density at radius 1 is 0.750 bits per heavy atom. The average molecular weight is 659 g/mol. The predicted octanol–water partition coefficient (Wildman–Crippen LogP) is 7.65. The lowest BCUT2D eigenvalue weighted by atomic mass is 9.79. The van der Waals surface area contributed by atoms with E-state index in [-0.39, 0.29) is 22.0 Å². The Hall–Kier alpha value is -3.35. The third kappa shape index (κ3) is 9.21. The molecule has 0 bridgehead atoms. The number of nitrogens with zero attached hydrogens (tertiary/aromatic N) is 5. The van der Waals surface area contributed by atoms with Gasteiger partial charge in [0.2, 0.25) is 0 Å². The number of hydrogen-bond acceptors (Lipinski definition) is 6. The molecular formula is C41H64N5O2+. The topological polar surface area (TPSA) is 74.7 Å². The Morgan fingerprint density at radius 2 is 1.35 bits per heavy atom. The van der Waals surface area contributed by atoms with Crippen molar-refractivity contribution < 1.29 is 14.8 Å². The lowest BCUT2D eigenvalue weighted by Gasteiger charge is -2.36. The number of benzene rings is 2. The molecule has 0 aliphatic carbocycles. The lowest BCUT2D eigenvalue weighted by molar-refractivity contribution is -0.515. The summed E-state index contributed by atoms with van der Waals surface area (Å²) in [5.41, 5.74) is 4.95. The third-order valence-corrected chi connectivity index (χ3v) is 9.72. The second-order valence-corrected chi connectivity index (χ2v) is 17.8. The van der Waals surface area contributed by atoms with E-state index in [0.717, 1.165) is 67.8 Å². The van der Waals surface area contributed by atoms with Crippen LogP contribution in [0.25, 0.3) is 0 Å². The quantitative estimate of drug-likeness (QED) is 0.215. The summed E-state index contributed by atoms with van der Waals surface area (Å²) in [5, 5.41) is 22.7. The summed E-state index contributed by atoms with van der Waals surface area (Å²) in [6.45, 7) is 29.7. The minimum atomic E-state index is -0.505. The number of hydrogen-bond donors (Lipinski definition) is 2. The van der Waals surface area contributed by atoms with Gasteiger partial charge in [0.15, 0.2) is 0 Å². The van der Waals surface area contributed by atoms with Crippen LogP contribution in [-0.2, 0) is 22.7 Å². The largest absolute Gasteiger partial charge is 0.507 e. The van der Waals surface area contributed by atoms with Gasteiger partial charge in [-0.15, -0.1) is 0 Å². The molecule has 0 atom stereocenters. The van der Waals surface area contributed by atoms with Crippen molar-refractivity contribution in [1.82, 2.24) is 9.80 Å². The molecule has 2 heterocycles. The second kappa shape index (κ2) is 14.2. The molecule has 1 saturated heterocycles. The van der Waals surface area contributed by atoms with Gasteiger partial charge in [0.1, 0.15) is 11.5 Å².